The second-order valence-corrected chi connectivity index (χ2v) is 4.93. The lowest BCUT2D eigenvalue weighted by Gasteiger charge is -2.40. The number of nitrogens with one attached hydrogen (secondary N) is 1. The molecule has 1 aliphatic rings. The van der Waals surface area contributed by atoms with Gasteiger partial charge < -0.3 is 10.4 Å². The fourth-order valence-electron chi connectivity index (χ4n) is 2.40. The third-order valence-corrected chi connectivity index (χ3v) is 3.48. The SMILES string of the molecule is CCN1CCN(CCNC(=O)C(F)(F)F)CC1CC(=O)O. The molecule has 0 saturated carbocycles. The van der Waals surface area contributed by atoms with Crippen LogP contribution in [0.5, 0.6) is 0 Å². The molecule has 122 valence electrons. The third kappa shape index (κ3) is 5.88. The third-order valence-electron chi connectivity index (χ3n) is 3.48. The normalized spacial score (nSPS) is 21.2. The van der Waals surface area contributed by atoms with Crippen molar-refractivity contribution in [1.29, 1.82) is 0 Å². The van der Waals surface area contributed by atoms with Crippen LogP contribution in [0, 0.1) is 0 Å². The highest BCUT2D eigenvalue weighted by molar-refractivity contribution is 5.81. The fourth-order valence-corrected chi connectivity index (χ4v) is 2.40. The molecule has 1 atom stereocenters. The largest absolute Gasteiger partial charge is 0.481 e. The first-order valence-corrected chi connectivity index (χ1v) is 6.77. The zero-order valence-corrected chi connectivity index (χ0v) is 11.8. The smallest absolute Gasteiger partial charge is 0.471 e. The molecule has 1 aliphatic heterocycles. The summed E-state index contributed by atoms with van der Waals surface area (Å²) in [5.41, 5.74) is 0. The van der Waals surface area contributed by atoms with Gasteiger partial charge in [0.2, 0.25) is 0 Å². The van der Waals surface area contributed by atoms with Crippen LogP contribution in [-0.2, 0) is 9.59 Å². The molecular formula is C12H20F3N3O3. The number of likely N-dealkylation sites (N-methyl/N-ethyl adjacent to an activating group) is 1. The van der Waals surface area contributed by atoms with Gasteiger partial charge in [0.1, 0.15) is 0 Å². The average Bonchev–Trinajstić information content (AvgIpc) is 2.37. The molecule has 0 aromatic heterocycles. The number of alkyl halides is 3. The van der Waals surface area contributed by atoms with E-state index in [0.717, 1.165) is 6.54 Å². The Morgan fingerprint density at radius 1 is 1.33 bits per heavy atom. The summed E-state index contributed by atoms with van der Waals surface area (Å²) in [5, 5.41) is 10.7. The molecule has 6 nitrogen and oxygen atoms in total. The highest BCUT2D eigenvalue weighted by Crippen LogP contribution is 2.14. The number of amides is 1. The molecule has 0 bridgehead atoms. The lowest BCUT2D eigenvalue weighted by Crippen LogP contribution is -2.55. The van der Waals surface area contributed by atoms with E-state index in [4.69, 9.17) is 5.11 Å². The lowest BCUT2D eigenvalue weighted by atomic mass is 10.1. The highest BCUT2D eigenvalue weighted by atomic mass is 19.4. The van der Waals surface area contributed by atoms with Crippen molar-refractivity contribution in [3.05, 3.63) is 0 Å². The summed E-state index contributed by atoms with van der Waals surface area (Å²) in [7, 11) is 0. The number of rotatable bonds is 6. The fraction of sp³-hybridized carbons (Fsp3) is 0.833. The van der Waals surface area contributed by atoms with E-state index < -0.39 is 18.1 Å². The molecule has 0 aromatic carbocycles. The number of carbonyl (C=O) groups excluding carboxylic acids is 1. The van der Waals surface area contributed by atoms with E-state index in [9.17, 15) is 22.8 Å². The number of piperazine rings is 1. The Morgan fingerprint density at radius 3 is 2.52 bits per heavy atom. The molecule has 1 unspecified atom stereocenters. The molecule has 2 N–H and O–H groups in total. The number of hydrogen-bond donors (Lipinski definition) is 2. The summed E-state index contributed by atoms with van der Waals surface area (Å²) >= 11 is 0. The molecule has 0 aliphatic carbocycles. The summed E-state index contributed by atoms with van der Waals surface area (Å²) in [6, 6.07) is -0.153. The summed E-state index contributed by atoms with van der Waals surface area (Å²) in [6.45, 7) is 4.62. The first kappa shape index (κ1) is 17.7. The Bertz CT molecular complexity index is 376. The van der Waals surface area contributed by atoms with Gasteiger partial charge in [0.15, 0.2) is 0 Å². The van der Waals surface area contributed by atoms with Crippen molar-refractivity contribution in [2.75, 3.05) is 39.3 Å². The number of halogens is 3. The number of carboxylic acid groups (broad SMARTS) is 1. The molecule has 1 fully saturated rings. The van der Waals surface area contributed by atoms with Gasteiger partial charge in [-0.1, -0.05) is 6.92 Å². The maximum Gasteiger partial charge on any atom is 0.471 e. The monoisotopic (exact) mass is 311 g/mol. The molecule has 0 radical (unpaired) electrons. The standard InChI is InChI=1S/C12H20F3N3O3/c1-2-18-6-5-17(8-9(18)7-10(19)20)4-3-16-11(21)12(13,14)15/h9H,2-8H2,1H3,(H,16,21)(H,19,20). The summed E-state index contributed by atoms with van der Waals surface area (Å²) in [5.74, 6) is -2.84. The van der Waals surface area contributed by atoms with Gasteiger partial charge in [0.25, 0.3) is 0 Å². The van der Waals surface area contributed by atoms with E-state index in [1.807, 2.05) is 22.0 Å². The van der Waals surface area contributed by atoms with Gasteiger partial charge in [-0.05, 0) is 6.54 Å². The molecule has 21 heavy (non-hydrogen) atoms. The second-order valence-electron chi connectivity index (χ2n) is 4.93. The number of carbonyl (C=O) groups is 2. The summed E-state index contributed by atoms with van der Waals surface area (Å²) < 4.78 is 36.1. The van der Waals surface area contributed by atoms with Gasteiger partial charge in [-0.25, -0.2) is 0 Å². The van der Waals surface area contributed by atoms with Crippen LogP contribution >= 0.6 is 0 Å². The Kier molecular flexibility index (Phi) is 6.41. The minimum Gasteiger partial charge on any atom is -0.481 e. The number of carboxylic acids is 1. The second kappa shape index (κ2) is 7.60. The first-order valence-electron chi connectivity index (χ1n) is 6.77. The minimum atomic E-state index is -4.87. The van der Waals surface area contributed by atoms with Gasteiger partial charge in [0, 0.05) is 38.8 Å². The number of hydrogen-bond acceptors (Lipinski definition) is 4. The van der Waals surface area contributed by atoms with Crippen molar-refractivity contribution in [2.24, 2.45) is 0 Å². The zero-order chi connectivity index (χ0) is 16.0. The predicted molar refractivity (Wildman–Crippen MR) is 68.8 cm³/mol. The zero-order valence-electron chi connectivity index (χ0n) is 11.8. The van der Waals surface area contributed by atoms with Crippen LogP contribution in [0.4, 0.5) is 13.2 Å². The molecule has 1 amide bonds. The molecular weight excluding hydrogens is 291 g/mol. The van der Waals surface area contributed by atoms with E-state index in [-0.39, 0.29) is 25.6 Å². The maximum absolute atomic E-state index is 12.0. The van der Waals surface area contributed by atoms with Crippen LogP contribution in [0.15, 0.2) is 0 Å². The predicted octanol–water partition coefficient (Wildman–Crippen LogP) is 0.146. The van der Waals surface area contributed by atoms with Crippen molar-refractivity contribution in [3.63, 3.8) is 0 Å². The Morgan fingerprint density at radius 2 is 2.00 bits per heavy atom. The van der Waals surface area contributed by atoms with Crippen molar-refractivity contribution in [1.82, 2.24) is 15.1 Å². The number of nitrogens with zero attached hydrogens (tertiary/aromatic N) is 2. The van der Waals surface area contributed by atoms with Gasteiger partial charge in [-0.3, -0.25) is 19.4 Å². The Labute approximate surface area is 120 Å². The molecule has 9 heteroatoms. The molecule has 1 rings (SSSR count). The van der Waals surface area contributed by atoms with Crippen LogP contribution in [0.1, 0.15) is 13.3 Å². The van der Waals surface area contributed by atoms with Crippen molar-refractivity contribution in [3.8, 4) is 0 Å². The van der Waals surface area contributed by atoms with Crippen LogP contribution in [0.2, 0.25) is 0 Å². The van der Waals surface area contributed by atoms with Crippen molar-refractivity contribution in [2.45, 2.75) is 25.6 Å². The van der Waals surface area contributed by atoms with Crippen LogP contribution in [0.3, 0.4) is 0 Å². The molecule has 1 heterocycles. The van der Waals surface area contributed by atoms with Gasteiger partial charge >= 0.3 is 18.1 Å². The number of aliphatic carboxylic acids is 1. The van der Waals surface area contributed by atoms with Crippen LogP contribution in [0.25, 0.3) is 0 Å². The molecule has 0 aromatic rings. The van der Waals surface area contributed by atoms with Crippen molar-refractivity contribution < 1.29 is 27.9 Å². The average molecular weight is 311 g/mol. The van der Waals surface area contributed by atoms with Crippen LogP contribution < -0.4 is 5.32 Å². The van der Waals surface area contributed by atoms with Crippen molar-refractivity contribution >= 4 is 11.9 Å². The summed E-state index contributed by atoms with van der Waals surface area (Å²) in [6.07, 6.45) is -4.87. The van der Waals surface area contributed by atoms with E-state index in [0.29, 0.717) is 19.6 Å². The highest BCUT2D eigenvalue weighted by Gasteiger charge is 2.38. The van der Waals surface area contributed by atoms with Crippen LogP contribution in [-0.4, -0.2) is 78.3 Å². The maximum atomic E-state index is 12.0. The van der Waals surface area contributed by atoms with Gasteiger partial charge in [0.05, 0.1) is 6.42 Å². The van der Waals surface area contributed by atoms with E-state index in [1.165, 1.54) is 0 Å². The van der Waals surface area contributed by atoms with Gasteiger partial charge in [-0.15, -0.1) is 0 Å². The van der Waals surface area contributed by atoms with Gasteiger partial charge in [-0.2, -0.15) is 13.2 Å². The molecule has 1 saturated heterocycles. The summed E-state index contributed by atoms with van der Waals surface area (Å²) in [4.78, 5) is 25.4. The minimum absolute atomic E-state index is 0.000744. The van der Waals surface area contributed by atoms with E-state index in [1.54, 1.807) is 0 Å². The Hall–Kier alpha value is -1.35. The Balaban J connectivity index is 2.40. The quantitative estimate of drug-likeness (QED) is 0.730. The van der Waals surface area contributed by atoms with E-state index >= 15 is 0 Å². The van der Waals surface area contributed by atoms with E-state index in [2.05, 4.69) is 0 Å². The topological polar surface area (TPSA) is 72.9 Å². The first-order chi connectivity index (χ1) is 9.74. The lowest BCUT2D eigenvalue weighted by molar-refractivity contribution is -0.173. The molecule has 0 spiro atoms.